The van der Waals surface area contributed by atoms with E-state index in [-0.39, 0.29) is 5.91 Å². The standard InChI is InChI=1S/C16H18N2O3/c1-11-9-14(16(19)18-5-7-21-8-6-18)13-4-3-12(20-2)10-15(13)17-11/h3-4,9-10H,5-8H2,1-2H3. The molecule has 0 unspecified atom stereocenters. The summed E-state index contributed by atoms with van der Waals surface area (Å²) >= 11 is 0. The Hall–Kier alpha value is -2.14. The molecule has 1 aliphatic rings. The Morgan fingerprint density at radius 2 is 2.05 bits per heavy atom. The SMILES string of the molecule is COc1ccc2c(C(=O)N3CCOCC3)cc(C)nc2c1. The number of pyridine rings is 1. The number of ether oxygens (including phenoxy) is 2. The fourth-order valence-corrected chi connectivity index (χ4v) is 2.58. The summed E-state index contributed by atoms with van der Waals surface area (Å²) in [6.45, 7) is 4.37. The second-order valence-corrected chi connectivity index (χ2v) is 5.10. The second kappa shape index (κ2) is 5.69. The molecule has 0 aliphatic carbocycles. The molecule has 0 spiro atoms. The van der Waals surface area contributed by atoms with Crippen LogP contribution in [0.15, 0.2) is 24.3 Å². The number of methoxy groups -OCH3 is 1. The maximum Gasteiger partial charge on any atom is 0.254 e. The summed E-state index contributed by atoms with van der Waals surface area (Å²) in [7, 11) is 1.62. The number of amides is 1. The highest BCUT2D eigenvalue weighted by Crippen LogP contribution is 2.24. The third-order valence-electron chi connectivity index (χ3n) is 3.67. The van der Waals surface area contributed by atoms with Crippen molar-refractivity contribution in [3.8, 4) is 5.75 Å². The zero-order chi connectivity index (χ0) is 14.8. The first-order chi connectivity index (χ1) is 10.2. The van der Waals surface area contributed by atoms with E-state index in [0.29, 0.717) is 31.9 Å². The summed E-state index contributed by atoms with van der Waals surface area (Å²) in [5, 5.41) is 0.859. The molecule has 1 aromatic heterocycles. The van der Waals surface area contributed by atoms with Crippen LogP contribution in [0.4, 0.5) is 0 Å². The van der Waals surface area contributed by atoms with Crippen LogP contribution in [0.5, 0.6) is 5.75 Å². The number of morpholine rings is 1. The molecule has 2 aromatic rings. The van der Waals surface area contributed by atoms with E-state index in [4.69, 9.17) is 9.47 Å². The first-order valence-electron chi connectivity index (χ1n) is 7.01. The molecule has 110 valence electrons. The van der Waals surface area contributed by atoms with Crippen molar-refractivity contribution in [3.63, 3.8) is 0 Å². The Morgan fingerprint density at radius 3 is 2.76 bits per heavy atom. The van der Waals surface area contributed by atoms with E-state index in [1.54, 1.807) is 7.11 Å². The summed E-state index contributed by atoms with van der Waals surface area (Å²) < 4.78 is 10.5. The summed E-state index contributed by atoms with van der Waals surface area (Å²) in [6, 6.07) is 7.47. The molecule has 0 atom stereocenters. The maximum atomic E-state index is 12.7. The Balaban J connectivity index is 2.06. The fourth-order valence-electron chi connectivity index (χ4n) is 2.58. The summed E-state index contributed by atoms with van der Waals surface area (Å²) in [5.74, 6) is 0.782. The highest BCUT2D eigenvalue weighted by Gasteiger charge is 2.21. The number of rotatable bonds is 2. The van der Waals surface area contributed by atoms with Crippen molar-refractivity contribution >= 4 is 16.8 Å². The predicted molar refractivity (Wildman–Crippen MR) is 79.8 cm³/mol. The van der Waals surface area contributed by atoms with Crippen LogP contribution in [0.25, 0.3) is 10.9 Å². The normalized spacial score (nSPS) is 15.2. The van der Waals surface area contributed by atoms with E-state index in [1.807, 2.05) is 36.1 Å². The summed E-state index contributed by atoms with van der Waals surface area (Å²) in [6.07, 6.45) is 0. The first-order valence-corrected chi connectivity index (χ1v) is 7.01. The topological polar surface area (TPSA) is 51.7 Å². The van der Waals surface area contributed by atoms with Crippen molar-refractivity contribution in [2.24, 2.45) is 0 Å². The average molecular weight is 286 g/mol. The van der Waals surface area contributed by atoms with Gasteiger partial charge in [-0.2, -0.15) is 0 Å². The van der Waals surface area contributed by atoms with Crippen LogP contribution in [0.1, 0.15) is 16.1 Å². The van der Waals surface area contributed by atoms with Gasteiger partial charge in [0, 0.05) is 30.2 Å². The van der Waals surface area contributed by atoms with Crippen LogP contribution in [0.3, 0.4) is 0 Å². The minimum absolute atomic E-state index is 0.0407. The number of aromatic nitrogens is 1. The van der Waals surface area contributed by atoms with E-state index >= 15 is 0 Å². The molecule has 2 heterocycles. The van der Waals surface area contributed by atoms with Gasteiger partial charge in [-0.1, -0.05) is 0 Å². The molecule has 21 heavy (non-hydrogen) atoms. The molecule has 1 saturated heterocycles. The minimum atomic E-state index is 0.0407. The number of benzene rings is 1. The largest absolute Gasteiger partial charge is 0.497 e. The van der Waals surface area contributed by atoms with E-state index in [0.717, 1.165) is 22.3 Å². The lowest BCUT2D eigenvalue weighted by Gasteiger charge is -2.27. The lowest BCUT2D eigenvalue weighted by molar-refractivity contribution is 0.0304. The van der Waals surface area contributed by atoms with Crippen LogP contribution in [0.2, 0.25) is 0 Å². The molecular weight excluding hydrogens is 268 g/mol. The van der Waals surface area contributed by atoms with Crippen LogP contribution >= 0.6 is 0 Å². The van der Waals surface area contributed by atoms with Crippen molar-refractivity contribution in [1.82, 2.24) is 9.88 Å². The minimum Gasteiger partial charge on any atom is -0.497 e. The highest BCUT2D eigenvalue weighted by molar-refractivity contribution is 6.06. The molecule has 0 saturated carbocycles. The monoisotopic (exact) mass is 286 g/mol. The molecule has 0 N–H and O–H groups in total. The Morgan fingerprint density at radius 1 is 1.29 bits per heavy atom. The van der Waals surface area contributed by atoms with Crippen LogP contribution < -0.4 is 4.74 Å². The van der Waals surface area contributed by atoms with Crippen molar-refractivity contribution in [2.75, 3.05) is 33.4 Å². The molecule has 1 aliphatic heterocycles. The number of hydrogen-bond donors (Lipinski definition) is 0. The lowest BCUT2D eigenvalue weighted by Crippen LogP contribution is -2.40. The zero-order valence-corrected chi connectivity index (χ0v) is 12.3. The van der Waals surface area contributed by atoms with Gasteiger partial charge in [-0.15, -0.1) is 0 Å². The van der Waals surface area contributed by atoms with Crippen molar-refractivity contribution in [2.45, 2.75) is 6.92 Å². The van der Waals surface area contributed by atoms with Gasteiger partial charge in [0.15, 0.2) is 0 Å². The van der Waals surface area contributed by atoms with E-state index in [2.05, 4.69) is 4.98 Å². The average Bonchev–Trinajstić information content (AvgIpc) is 2.53. The molecule has 3 rings (SSSR count). The molecule has 1 amide bonds. The molecule has 1 fully saturated rings. The van der Waals surface area contributed by atoms with Gasteiger partial charge in [-0.3, -0.25) is 9.78 Å². The van der Waals surface area contributed by atoms with Gasteiger partial charge >= 0.3 is 0 Å². The van der Waals surface area contributed by atoms with Crippen molar-refractivity contribution in [3.05, 3.63) is 35.5 Å². The van der Waals surface area contributed by atoms with Gasteiger partial charge in [0.05, 0.1) is 31.4 Å². The van der Waals surface area contributed by atoms with Crippen molar-refractivity contribution in [1.29, 1.82) is 0 Å². The number of fused-ring (bicyclic) bond motifs is 1. The van der Waals surface area contributed by atoms with Gasteiger partial charge in [-0.05, 0) is 25.1 Å². The Bertz CT molecular complexity index is 679. The number of carbonyl (C=O) groups excluding carboxylic acids is 1. The van der Waals surface area contributed by atoms with E-state index in [1.165, 1.54) is 0 Å². The van der Waals surface area contributed by atoms with Gasteiger partial charge in [0.25, 0.3) is 5.91 Å². The second-order valence-electron chi connectivity index (χ2n) is 5.10. The van der Waals surface area contributed by atoms with Crippen molar-refractivity contribution < 1.29 is 14.3 Å². The van der Waals surface area contributed by atoms with Gasteiger partial charge < -0.3 is 14.4 Å². The number of carbonyl (C=O) groups is 1. The Labute approximate surface area is 123 Å². The molecule has 0 radical (unpaired) electrons. The molecule has 5 heteroatoms. The third-order valence-corrected chi connectivity index (χ3v) is 3.67. The molecule has 0 bridgehead atoms. The Kier molecular flexibility index (Phi) is 3.75. The zero-order valence-electron chi connectivity index (χ0n) is 12.3. The van der Waals surface area contributed by atoms with Gasteiger partial charge in [0.1, 0.15) is 5.75 Å². The van der Waals surface area contributed by atoms with Gasteiger partial charge in [0.2, 0.25) is 0 Å². The number of hydrogen-bond acceptors (Lipinski definition) is 4. The first kappa shape index (κ1) is 13.8. The smallest absolute Gasteiger partial charge is 0.254 e. The molecule has 1 aromatic carbocycles. The lowest BCUT2D eigenvalue weighted by atomic mass is 10.1. The molecule has 5 nitrogen and oxygen atoms in total. The van der Waals surface area contributed by atoms with E-state index < -0.39 is 0 Å². The fraction of sp³-hybridized carbons (Fsp3) is 0.375. The quantitative estimate of drug-likeness (QED) is 0.847. The van der Waals surface area contributed by atoms with E-state index in [9.17, 15) is 4.79 Å². The van der Waals surface area contributed by atoms with Crippen LogP contribution in [-0.4, -0.2) is 49.2 Å². The maximum absolute atomic E-state index is 12.7. The predicted octanol–water partition coefficient (Wildman–Crippen LogP) is 2.02. The summed E-state index contributed by atoms with van der Waals surface area (Å²) in [4.78, 5) is 19.1. The van der Waals surface area contributed by atoms with Crippen LogP contribution in [-0.2, 0) is 4.74 Å². The van der Waals surface area contributed by atoms with Gasteiger partial charge in [-0.25, -0.2) is 0 Å². The number of aryl methyl sites for hydroxylation is 1. The summed E-state index contributed by atoms with van der Waals surface area (Å²) in [5.41, 5.74) is 2.31. The molecular formula is C16H18N2O3. The highest BCUT2D eigenvalue weighted by atomic mass is 16.5. The number of nitrogens with zero attached hydrogens (tertiary/aromatic N) is 2. The van der Waals surface area contributed by atoms with Crippen LogP contribution in [0, 0.1) is 6.92 Å². The third kappa shape index (κ3) is 2.69.